The topological polar surface area (TPSA) is 48.1 Å². The van der Waals surface area contributed by atoms with Crippen LogP contribution in [-0.2, 0) is 4.79 Å². The number of aromatic amines is 1. The molecule has 3 heterocycles. The maximum atomic E-state index is 13.9. The molecular formula is C27H28FN3O. The van der Waals surface area contributed by atoms with Gasteiger partial charge in [-0.05, 0) is 99.3 Å². The third-order valence-corrected chi connectivity index (χ3v) is 6.91. The van der Waals surface area contributed by atoms with Gasteiger partial charge in [0.25, 0.3) is 5.91 Å². The number of carbonyl (C=O) groups is 1. The number of amides is 1. The van der Waals surface area contributed by atoms with Crippen molar-refractivity contribution in [1.82, 2.24) is 9.88 Å². The Morgan fingerprint density at radius 3 is 2.59 bits per heavy atom. The van der Waals surface area contributed by atoms with Gasteiger partial charge in [-0.2, -0.15) is 0 Å². The van der Waals surface area contributed by atoms with Crippen LogP contribution in [0.2, 0.25) is 0 Å². The van der Waals surface area contributed by atoms with E-state index in [0.717, 1.165) is 54.0 Å². The molecule has 1 aromatic heterocycles. The minimum atomic E-state index is -0.290. The predicted octanol–water partition coefficient (Wildman–Crippen LogP) is 5.74. The number of rotatable bonds is 3. The number of fused-ring (bicyclic) bond motifs is 1. The van der Waals surface area contributed by atoms with Gasteiger partial charge in [0.2, 0.25) is 0 Å². The van der Waals surface area contributed by atoms with Crippen molar-refractivity contribution in [2.45, 2.75) is 32.6 Å². The molecule has 2 N–H and O–H groups in total. The number of aromatic nitrogens is 1. The molecule has 5 heteroatoms. The predicted molar refractivity (Wildman–Crippen MR) is 128 cm³/mol. The van der Waals surface area contributed by atoms with Crippen molar-refractivity contribution in [3.05, 3.63) is 76.4 Å². The van der Waals surface area contributed by atoms with Gasteiger partial charge in [0.15, 0.2) is 0 Å². The molecule has 2 aliphatic heterocycles. The molecule has 0 bridgehead atoms. The number of hydrogen-bond donors (Lipinski definition) is 2. The summed E-state index contributed by atoms with van der Waals surface area (Å²) in [7, 11) is 2.18. The van der Waals surface area contributed by atoms with E-state index in [1.165, 1.54) is 29.0 Å². The van der Waals surface area contributed by atoms with E-state index in [1.54, 1.807) is 6.07 Å². The second kappa shape index (κ2) is 8.06. The quantitative estimate of drug-likeness (QED) is 0.522. The molecule has 0 radical (unpaired) electrons. The zero-order valence-electron chi connectivity index (χ0n) is 18.8. The smallest absolute Gasteiger partial charge is 0.256 e. The summed E-state index contributed by atoms with van der Waals surface area (Å²) in [5.41, 5.74) is 8.58. The molecule has 0 aliphatic carbocycles. The van der Waals surface area contributed by atoms with Crippen molar-refractivity contribution in [3.8, 4) is 11.1 Å². The van der Waals surface area contributed by atoms with Crippen molar-refractivity contribution in [1.29, 1.82) is 0 Å². The molecule has 1 fully saturated rings. The zero-order valence-corrected chi connectivity index (χ0v) is 18.8. The number of nitrogens with zero attached hydrogens (tertiary/aromatic N) is 1. The minimum absolute atomic E-state index is 0.128. The Balaban J connectivity index is 1.59. The SMILES string of the molecule is Cc1[nH]c(/C=C2\C(=O)Nc3cccc(-c4cccc(F)c4)c32)c(C)c1C1CCN(C)CC1. The number of likely N-dealkylation sites (tertiary alicyclic amines) is 1. The third-order valence-electron chi connectivity index (χ3n) is 6.91. The van der Waals surface area contributed by atoms with Gasteiger partial charge in [0.05, 0.1) is 5.57 Å². The molecule has 4 nitrogen and oxygen atoms in total. The van der Waals surface area contributed by atoms with Crippen LogP contribution in [0.25, 0.3) is 22.8 Å². The summed E-state index contributed by atoms with van der Waals surface area (Å²) in [4.78, 5) is 18.9. The van der Waals surface area contributed by atoms with E-state index in [0.29, 0.717) is 11.5 Å². The average Bonchev–Trinajstić information content (AvgIpc) is 3.24. The average molecular weight is 430 g/mol. The minimum Gasteiger partial charge on any atom is -0.359 e. The lowest BCUT2D eigenvalue weighted by molar-refractivity contribution is -0.110. The standard InChI is InChI=1S/C27H28FN3O/c1-16-24(29-17(2)25(16)18-10-12-31(3)13-11-18)15-22-26-21(19-6-4-7-20(28)14-19)8-5-9-23(26)30-27(22)32/h4-9,14-15,18,29H,10-13H2,1-3H3,(H,30,32)/b22-15-. The highest BCUT2D eigenvalue weighted by atomic mass is 19.1. The van der Waals surface area contributed by atoms with Crippen LogP contribution in [0.5, 0.6) is 0 Å². The number of aryl methyl sites for hydroxylation is 1. The summed E-state index contributed by atoms with van der Waals surface area (Å²) in [6.07, 6.45) is 4.27. The lowest BCUT2D eigenvalue weighted by Gasteiger charge is -2.29. The Morgan fingerprint density at radius 2 is 1.84 bits per heavy atom. The summed E-state index contributed by atoms with van der Waals surface area (Å²) < 4.78 is 13.9. The van der Waals surface area contributed by atoms with Crippen LogP contribution in [0.15, 0.2) is 42.5 Å². The van der Waals surface area contributed by atoms with Crippen LogP contribution < -0.4 is 5.32 Å². The Morgan fingerprint density at radius 1 is 1.09 bits per heavy atom. The fraction of sp³-hybridized carbons (Fsp3) is 0.296. The normalized spacial score (nSPS) is 18.2. The van der Waals surface area contributed by atoms with E-state index in [-0.39, 0.29) is 11.7 Å². The summed E-state index contributed by atoms with van der Waals surface area (Å²) in [6.45, 7) is 6.50. The van der Waals surface area contributed by atoms with E-state index in [1.807, 2.05) is 30.3 Å². The molecule has 0 spiro atoms. The summed E-state index contributed by atoms with van der Waals surface area (Å²) >= 11 is 0. The number of halogens is 1. The maximum Gasteiger partial charge on any atom is 0.256 e. The van der Waals surface area contributed by atoms with Crippen LogP contribution in [0.1, 0.15) is 46.8 Å². The highest BCUT2D eigenvalue weighted by Gasteiger charge is 2.29. The van der Waals surface area contributed by atoms with E-state index in [2.05, 4.69) is 36.1 Å². The Hall–Kier alpha value is -3.18. The lowest BCUT2D eigenvalue weighted by Crippen LogP contribution is -2.29. The number of anilines is 1. The Kier molecular flexibility index (Phi) is 5.22. The monoisotopic (exact) mass is 429 g/mol. The van der Waals surface area contributed by atoms with Crippen LogP contribution in [0.3, 0.4) is 0 Å². The summed E-state index contributed by atoms with van der Waals surface area (Å²) in [5, 5.41) is 2.98. The molecule has 0 atom stereocenters. The summed E-state index contributed by atoms with van der Waals surface area (Å²) in [6, 6.07) is 12.3. The number of nitrogens with one attached hydrogen (secondary N) is 2. The first kappa shape index (κ1) is 20.7. The molecule has 32 heavy (non-hydrogen) atoms. The van der Waals surface area contributed by atoms with E-state index < -0.39 is 0 Å². The highest BCUT2D eigenvalue weighted by Crippen LogP contribution is 2.41. The molecule has 5 rings (SSSR count). The number of piperidine rings is 1. The molecule has 164 valence electrons. The van der Waals surface area contributed by atoms with Crippen LogP contribution in [0.4, 0.5) is 10.1 Å². The second-order valence-corrected chi connectivity index (χ2v) is 9.03. The van der Waals surface area contributed by atoms with Crippen molar-refractivity contribution in [3.63, 3.8) is 0 Å². The fourth-order valence-electron chi connectivity index (χ4n) is 5.27. The van der Waals surface area contributed by atoms with Crippen molar-refractivity contribution in [2.24, 2.45) is 0 Å². The van der Waals surface area contributed by atoms with Crippen molar-refractivity contribution < 1.29 is 9.18 Å². The second-order valence-electron chi connectivity index (χ2n) is 9.03. The number of H-pyrrole nitrogens is 1. The highest BCUT2D eigenvalue weighted by molar-refractivity contribution is 6.36. The summed E-state index contributed by atoms with van der Waals surface area (Å²) in [5.74, 6) is 0.125. The van der Waals surface area contributed by atoms with Crippen molar-refractivity contribution in [2.75, 3.05) is 25.5 Å². The molecule has 1 amide bonds. The van der Waals surface area contributed by atoms with E-state index in [4.69, 9.17) is 0 Å². The lowest BCUT2D eigenvalue weighted by atomic mass is 9.87. The van der Waals surface area contributed by atoms with Crippen molar-refractivity contribution >= 4 is 23.2 Å². The molecule has 2 aromatic carbocycles. The number of hydrogen-bond acceptors (Lipinski definition) is 2. The first-order chi connectivity index (χ1) is 15.4. The van der Waals surface area contributed by atoms with Crippen LogP contribution in [0, 0.1) is 19.7 Å². The molecule has 2 aliphatic rings. The molecule has 0 saturated carbocycles. The van der Waals surface area contributed by atoms with E-state index >= 15 is 0 Å². The van der Waals surface area contributed by atoms with Gasteiger partial charge in [-0.25, -0.2) is 4.39 Å². The zero-order chi connectivity index (χ0) is 22.4. The molecule has 1 saturated heterocycles. The van der Waals surface area contributed by atoms with Gasteiger partial charge in [-0.3, -0.25) is 4.79 Å². The first-order valence-electron chi connectivity index (χ1n) is 11.2. The van der Waals surface area contributed by atoms with E-state index in [9.17, 15) is 9.18 Å². The number of carbonyl (C=O) groups excluding carboxylic acids is 1. The third kappa shape index (κ3) is 3.56. The van der Waals surface area contributed by atoms with Gasteiger partial charge < -0.3 is 15.2 Å². The van der Waals surface area contributed by atoms with Gasteiger partial charge in [-0.1, -0.05) is 24.3 Å². The van der Waals surface area contributed by atoms with Crippen LogP contribution in [-0.4, -0.2) is 35.9 Å². The van der Waals surface area contributed by atoms with Gasteiger partial charge >= 0.3 is 0 Å². The molecule has 3 aromatic rings. The van der Waals surface area contributed by atoms with Gasteiger partial charge in [0, 0.05) is 22.6 Å². The molecular weight excluding hydrogens is 401 g/mol. The molecule has 0 unspecified atom stereocenters. The maximum absolute atomic E-state index is 13.9. The van der Waals surface area contributed by atoms with Gasteiger partial charge in [0.1, 0.15) is 5.82 Å². The largest absolute Gasteiger partial charge is 0.359 e. The Bertz CT molecular complexity index is 1230. The first-order valence-corrected chi connectivity index (χ1v) is 11.2. The Labute approximate surface area is 188 Å². The fourth-order valence-corrected chi connectivity index (χ4v) is 5.27. The number of benzene rings is 2. The van der Waals surface area contributed by atoms with Gasteiger partial charge in [-0.15, -0.1) is 0 Å². The van der Waals surface area contributed by atoms with Crippen LogP contribution >= 0.6 is 0 Å².